The molecule has 0 saturated carbocycles. The molecule has 0 spiro atoms. The number of hydrogen-bond acceptors (Lipinski definition) is 3. The highest BCUT2D eigenvalue weighted by Gasteiger charge is 2.07. The number of carboxylic acid groups (broad SMARTS) is 1. The average Bonchev–Trinajstić information content (AvgIpc) is 2.67. The van der Waals surface area contributed by atoms with Crippen LogP contribution in [0, 0.1) is 3.57 Å². The minimum atomic E-state index is -0.815. The summed E-state index contributed by atoms with van der Waals surface area (Å²) in [5.74, 6) is 1.43. The molecule has 0 heterocycles. The minimum absolute atomic E-state index is 0.0830. The highest BCUT2D eigenvalue weighted by atomic mass is 127. The zero-order chi connectivity index (χ0) is 19.1. The maximum Gasteiger partial charge on any atom is 0.303 e. The Morgan fingerprint density at radius 1 is 0.926 bits per heavy atom. The Bertz CT molecular complexity index is 906. The molecule has 0 bridgehead atoms. The Morgan fingerprint density at radius 3 is 2.48 bits per heavy atom. The molecule has 0 atom stereocenters. The van der Waals surface area contributed by atoms with Crippen LogP contribution in [-0.4, -0.2) is 11.1 Å². The van der Waals surface area contributed by atoms with E-state index >= 15 is 0 Å². The van der Waals surface area contributed by atoms with E-state index in [1.807, 2.05) is 72.8 Å². The van der Waals surface area contributed by atoms with Gasteiger partial charge in [-0.25, -0.2) is 0 Å². The number of ether oxygens (including phenoxy) is 2. The lowest BCUT2D eigenvalue weighted by molar-refractivity contribution is -0.136. The average molecular weight is 474 g/mol. The Kier molecular flexibility index (Phi) is 6.70. The summed E-state index contributed by atoms with van der Waals surface area (Å²) in [6.45, 7) is 0.383. The number of benzene rings is 3. The van der Waals surface area contributed by atoms with Crippen LogP contribution in [0.3, 0.4) is 0 Å². The Hall–Kier alpha value is -2.54. The highest BCUT2D eigenvalue weighted by Crippen LogP contribution is 2.25. The Labute approximate surface area is 171 Å². The number of para-hydroxylation sites is 1. The molecule has 4 nitrogen and oxygen atoms in total. The Balaban J connectivity index is 1.65. The molecule has 0 aliphatic carbocycles. The number of aryl methyl sites for hydroxylation is 1. The van der Waals surface area contributed by atoms with Crippen molar-refractivity contribution in [3.05, 3.63) is 87.5 Å². The molecule has 0 aromatic heterocycles. The van der Waals surface area contributed by atoms with Gasteiger partial charge < -0.3 is 14.6 Å². The van der Waals surface area contributed by atoms with E-state index in [4.69, 9.17) is 14.6 Å². The van der Waals surface area contributed by atoms with Crippen molar-refractivity contribution in [1.29, 1.82) is 0 Å². The second-order valence-electron chi connectivity index (χ2n) is 5.99. The van der Waals surface area contributed by atoms with E-state index in [2.05, 4.69) is 22.6 Å². The minimum Gasteiger partial charge on any atom is -0.489 e. The lowest BCUT2D eigenvalue weighted by atomic mass is 10.1. The molecule has 3 rings (SSSR count). The third-order valence-electron chi connectivity index (χ3n) is 3.92. The van der Waals surface area contributed by atoms with Gasteiger partial charge in [0.1, 0.15) is 23.9 Å². The molecular weight excluding hydrogens is 455 g/mol. The fraction of sp³-hybridized carbons (Fsp3) is 0.136. The van der Waals surface area contributed by atoms with Crippen molar-refractivity contribution in [2.75, 3.05) is 0 Å². The SMILES string of the molecule is O=C(O)CCc1ccccc1OCc1cccc(Oc2ccc(I)cc2)c1. The summed E-state index contributed by atoms with van der Waals surface area (Å²) in [4.78, 5) is 10.8. The molecule has 0 amide bonds. The first-order valence-corrected chi connectivity index (χ1v) is 9.63. The molecule has 0 radical (unpaired) electrons. The van der Waals surface area contributed by atoms with E-state index in [-0.39, 0.29) is 6.42 Å². The van der Waals surface area contributed by atoms with Crippen LogP contribution in [0.4, 0.5) is 0 Å². The predicted octanol–water partition coefficient (Wildman–Crippen LogP) is 5.68. The topological polar surface area (TPSA) is 55.8 Å². The van der Waals surface area contributed by atoms with Gasteiger partial charge in [-0.05, 0) is 82.6 Å². The predicted molar refractivity (Wildman–Crippen MR) is 112 cm³/mol. The van der Waals surface area contributed by atoms with Gasteiger partial charge in [-0.3, -0.25) is 4.79 Å². The lowest BCUT2D eigenvalue weighted by Crippen LogP contribution is -2.02. The van der Waals surface area contributed by atoms with Gasteiger partial charge in [-0.1, -0.05) is 30.3 Å². The molecule has 27 heavy (non-hydrogen) atoms. The van der Waals surface area contributed by atoms with Gasteiger partial charge in [-0.2, -0.15) is 0 Å². The van der Waals surface area contributed by atoms with Crippen molar-refractivity contribution in [1.82, 2.24) is 0 Å². The smallest absolute Gasteiger partial charge is 0.303 e. The van der Waals surface area contributed by atoms with Gasteiger partial charge in [0.15, 0.2) is 0 Å². The summed E-state index contributed by atoms with van der Waals surface area (Å²) in [5, 5.41) is 8.89. The van der Waals surface area contributed by atoms with Crippen LogP contribution in [0.25, 0.3) is 0 Å². The number of carbonyl (C=O) groups is 1. The van der Waals surface area contributed by atoms with Crippen LogP contribution < -0.4 is 9.47 Å². The number of carboxylic acids is 1. The first-order valence-electron chi connectivity index (χ1n) is 8.55. The molecule has 0 fully saturated rings. The molecule has 0 aliphatic heterocycles. The third-order valence-corrected chi connectivity index (χ3v) is 4.64. The first-order chi connectivity index (χ1) is 13.1. The van der Waals surface area contributed by atoms with E-state index in [9.17, 15) is 4.79 Å². The number of aliphatic carboxylic acids is 1. The fourth-order valence-corrected chi connectivity index (χ4v) is 2.95. The van der Waals surface area contributed by atoms with E-state index < -0.39 is 5.97 Å². The monoisotopic (exact) mass is 474 g/mol. The molecule has 3 aromatic rings. The van der Waals surface area contributed by atoms with Crippen molar-refractivity contribution in [2.24, 2.45) is 0 Å². The van der Waals surface area contributed by atoms with Crippen LogP contribution in [0.5, 0.6) is 17.2 Å². The van der Waals surface area contributed by atoms with E-state index in [1.54, 1.807) is 0 Å². The summed E-state index contributed by atoms with van der Waals surface area (Å²) in [6.07, 6.45) is 0.529. The fourth-order valence-electron chi connectivity index (χ4n) is 2.59. The number of rotatable bonds is 8. The Morgan fingerprint density at radius 2 is 1.70 bits per heavy atom. The first kappa shape index (κ1) is 19.2. The second kappa shape index (κ2) is 9.41. The van der Waals surface area contributed by atoms with Crippen LogP contribution in [0.2, 0.25) is 0 Å². The quantitative estimate of drug-likeness (QED) is 0.427. The van der Waals surface area contributed by atoms with Gasteiger partial charge in [-0.15, -0.1) is 0 Å². The van der Waals surface area contributed by atoms with Crippen LogP contribution in [-0.2, 0) is 17.8 Å². The van der Waals surface area contributed by atoms with Crippen molar-refractivity contribution in [3.63, 3.8) is 0 Å². The summed E-state index contributed by atoms with van der Waals surface area (Å²) in [6, 6.07) is 23.1. The highest BCUT2D eigenvalue weighted by molar-refractivity contribution is 14.1. The number of halogens is 1. The maximum atomic E-state index is 10.8. The molecule has 0 unspecified atom stereocenters. The molecular formula is C22H19IO4. The lowest BCUT2D eigenvalue weighted by Gasteiger charge is -2.12. The third kappa shape index (κ3) is 5.99. The van der Waals surface area contributed by atoms with Crippen LogP contribution in [0.15, 0.2) is 72.8 Å². The molecule has 3 aromatic carbocycles. The van der Waals surface area contributed by atoms with Gasteiger partial charge in [0.2, 0.25) is 0 Å². The summed E-state index contributed by atoms with van der Waals surface area (Å²) >= 11 is 2.26. The molecule has 1 N–H and O–H groups in total. The molecule has 0 saturated heterocycles. The molecule has 138 valence electrons. The van der Waals surface area contributed by atoms with Crippen molar-refractivity contribution in [2.45, 2.75) is 19.4 Å². The summed E-state index contributed by atoms with van der Waals surface area (Å²) in [7, 11) is 0. The normalized spacial score (nSPS) is 10.4. The second-order valence-corrected chi connectivity index (χ2v) is 7.24. The van der Waals surface area contributed by atoms with E-state index in [0.717, 1.165) is 26.2 Å². The largest absolute Gasteiger partial charge is 0.489 e. The van der Waals surface area contributed by atoms with Crippen molar-refractivity contribution < 1.29 is 19.4 Å². The van der Waals surface area contributed by atoms with Gasteiger partial charge >= 0.3 is 5.97 Å². The van der Waals surface area contributed by atoms with E-state index in [1.165, 1.54) is 0 Å². The summed E-state index contributed by atoms with van der Waals surface area (Å²) in [5.41, 5.74) is 1.87. The number of hydrogen-bond donors (Lipinski definition) is 1. The van der Waals surface area contributed by atoms with E-state index in [0.29, 0.717) is 18.8 Å². The van der Waals surface area contributed by atoms with Gasteiger partial charge in [0, 0.05) is 9.99 Å². The van der Waals surface area contributed by atoms with Crippen molar-refractivity contribution >= 4 is 28.6 Å². The van der Waals surface area contributed by atoms with Gasteiger partial charge in [0.25, 0.3) is 0 Å². The molecule has 5 heteroatoms. The maximum absolute atomic E-state index is 10.8. The van der Waals surface area contributed by atoms with Crippen molar-refractivity contribution in [3.8, 4) is 17.2 Å². The standard InChI is InChI=1S/C22H19IO4/c23-18-9-11-19(12-10-18)27-20-6-3-4-16(14-20)15-26-21-7-2-1-5-17(21)8-13-22(24)25/h1-7,9-12,14H,8,13,15H2,(H,24,25). The van der Waals surface area contributed by atoms with Crippen LogP contribution in [0.1, 0.15) is 17.5 Å². The zero-order valence-electron chi connectivity index (χ0n) is 14.6. The summed E-state index contributed by atoms with van der Waals surface area (Å²) < 4.78 is 13.0. The van der Waals surface area contributed by atoms with Crippen LogP contribution >= 0.6 is 22.6 Å². The van der Waals surface area contributed by atoms with Gasteiger partial charge in [0.05, 0.1) is 0 Å². The zero-order valence-corrected chi connectivity index (χ0v) is 16.8. The molecule has 0 aliphatic rings.